The first-order chi connectivity index (χ1) is 14.6. The molecule has 2 saturated heterocycles. The number of ether oxygens (including phenoxy) is 1. The lowest BCUT2D eigenvalue weighted by Crippen LogP contribution is -2.46. The van der Waals surface area contributed by atoms with Crippen molar-refractivity contribution in [1.29, 1.82) is 0 Å². The molecular weight excluding hydrogens is 398 g/mol. The van der Waals surface area contributed by atoms with Gasteiger partial charge in [-0.2, -0.15) is 0 Å². The Labute approximate surface area is 184 Å². The fraction of sp³-hybridized carbons (Fsp3) is 0.636. The van der Waals surface area contributed by atoms with Crippen LogP contribution in [0.2, 0.25) is 0 Å². The molecular formula is C22H35N5O2S. The number of morpholine rings is 1. The van der Waals surface area contributed by atoms with Crippen LogP contribution < -0.4 is 5.32 Å². The lowest BCUT2D eigenvalue weighted by atomic mass is 10.2. The van der Waals surface area contributed by atoms with Crippen LogP contribution in [0.4, 0.5) is 0 Å². The summed E-state index contributed by atoms with van der Waals surface area (Å²) < 4.78 is 5.42. The first-order valence-corrected chi connectivity index (χ1v) is 11.8. The van der Waals surface area contributed by atoms with Crippen LogP contribution in [-0.2, 0) is 9.53 Å². The molecule has 2 aliphatic rings. The lowest BCUT2D eigenvalue weighted by molar-refractivity contribution is -0.127. The van der Waals surface area contributed by atoms with Gasteiger partial charge < -0.3 is 19.9 Å². The molecule has 1 unspecified atom stereocenters. The summed E-state index contributed by atoms with van der Waals surface area (Å²) in [5.74, 6) is 2.63. The number of guanidine groups is 1. The zero-order valence-corrected chi connectivity index (χ0v) is 19.1. The quantitative estimate of drug-likeness (QED) is 0.381. The van der Waals surface area contributed by atoms with E-state index in [2.05, 4.69) is 50.4 Å². The molecule has 1 atom stereocenters. The molecule has 0 spiro atoms. The molecule has 8 heteroatoms. The minimum atomic E-state index is 0.0258. The Morgan fingerprint density at radius 1 is 1.23 bits per heavy atom. The van der Waals surface area contributed by atoms with Crippen LogP contribution in [0.25, 0.3) is 0 Å². The van der Waals surface area contributed by atoms with E-state index in [0.717, 1.165) is 70.6 Å². The van der Waals surface area contributed by atoms with Crippen molar-refractivity contribution >= 4 is 23.6 Å². The molecule has 0 aromatic heterocycles. The fourth-order valence-corrected chi connectivity index (χ4v) is 4.64. The molecule has 0 saturated carbocycles. The molecule has 2 heterocycles. The number of hydrogen-bond acceptors (Lipinski definition) is 5. The van der Waals surface area contributed by atoms with Gasteiger partial charge in [0, 0.05) is 64.0 Å². The van der Waals surface area contributed by atoms with Gasteiger partial charge in [-0.15, -0.1) is 11.8 Å². The summed E-state index contributed by atoms with van der Waals surface area (Å²) in [6.45, 7) is 7.54. The third-order valence-electron chi connectivity index (χ3n) is 5.49. The predicted octanol–water partition coefficient (Wildman–Crippen LogP) is 1.47. The zero-order chi connectivity index (χ0) is 21.2. The molecule has 0 bridgehead atoms. The molecule has 30 heavy (non-hydrogen) atoms. The van der Waals surface area contributed by atoms with Crippen molar-refractivity contribution in [1.82, 2.24) is 20.0 Å². The van der Waals surface area contributed by atoms with Gasteiger partial charge in [-0.3, -0.25) is 9.69 Å². The summed E-state index contributed by atoms with van der Waals surface area (Å²) in [7, 11) is 3.55. The fourth-order valence-electron chi connectivity index (χ4n) is 3.59. The van der Waals surface area contributed by atoms with E-state index >= 15 is 0 Å². The van der Waals surface area contributed by atoms with Gasteiger partial charge in [-0.05, 0) is 24.5 Å². The number of nitrogens with zero attached hydrogens (tertiary/aromatic N) is 4. The average Bonchev–Trinajstić information content (AvgIpc) is 3.24. The number of nitrogens with one attached hydrogen (secondary N) is 1. The van der Waals surface area contributed by atoms with Crippen molar-refractivity contribution in [3.63, 3.8) is 0 Å². The maximum Gasteiger partial charge on any atom is 0.243 e. The average molecular weight is 434 g/mol. The number of aliphatic imine (C=N–C) groups is 1. The van der Waals surface area contributed by atoms with Crippen molar-refractivity contribution < 1.29 is 9.53 Å². The number of carbonyl (C=O) groups is 1. The van der Waals surface area contributed by atoms with Gasteiger partial charge >= 0.3 is 0 Å². The molecule has 2 fully saturated rings. The molecule has 0 radical (unpaired) electrons. The molecule has 166 valence electrons. The van der Waals surface area contributed by atoms with Crippen LogP contribution in [0.3, 0.4) is 0 Å². The first kappa shape index (κ1) is 22.9. The number of carbonyl (C=O) groups excluding carboxylic acids is 1. The highest BCUT2D eigenvalue weighted by molar-refractivity contribution is 7.99. The van der Waals surface area contributed by atoms with Gasteiger partial charge in [0.2, 0.25) is 5.91 Å². The second-order valence-electron chi connectivity index (χ2n) is 8.03. The monoisotopic (exact) mass is 433 g/mol. The second kappa shape index (κ2) is 12.2. The van der Waals surface area contributed by atoms with Crippen LogP contribution in [0.1, 0.15) is 6.42 Å². The van der Waals surface area contributed by atoms with Crippen LogP contribution in [0, 0.1) is 5.92 Å². The van der Waals surface area contributed by atoms with Gasteiger partial charge in [-0.25, -0.2) is 4.99 Å². The highest BCUT2D eigenvalue weighted by Gasteiger charge is 2.25. The number of likely N-dealkylation sites (tertiary alicyclic amines) is 1. The predicted molar refractivity (Wildman–Crippen MR) is 123 cm³/mol. The molecule has 3 rings (SSSR count). The topological polar surface area (TPSA) is 60.4 Å². The normalized spacial score (nSPS) is 20.4. The standard InChI is InChI=1S/C22H35N5O2S/c1-25(2)21(28)16-24-22(23-9-11-26-12-14-29-15-13-26)27-10-8-19(17-27)18-30-20-6-4-3-5-7-20/h3-7,19H,8-18H2,1-2H3,(H,23,24). The number of benzene rings is 1. The van der Waals surface area contributed by atoms with Gasteiger partial charge in [0.05, 0.1) is 13.2 Å². The second-order valence-corrected chi connectivity index (χ2v) is 9.13. The maximum atomic E-state index is 12.1. The van der Waals surface area contributed by atoms with E-state index in [-0.39, 0.29) is 12.5 Å². The Bertz CT molecular complexity index is 679. The van der Waals surface area contributed by atoms with Crippen molar-refractivity contribution in [3.05, 3.63) is 30.3 Å². The van der Waals surface area contributed by atoms with Crippen LogP contribution >= 0.6 is 11.8 Å². The summed E-state index contributed by atoms with van der Waals surface area (Å²) in [6.07, 6.45) is 1.16. The largest absolute Gasteiger partial charge is 0.379 e. The summed E-state index contributed by atoms with van der Waals surface area (Å²) in [6, 6.07) is 10.6. The van der Waals surface area contributed by atoms with Crippen LogP contribution in [0.5, 0.6) is 0 Å². The van der Waals surface area contributed by atoms with Gasteiger partial charge in [0.1, 0.15) is 6.54 Å². The summed E-state index contributed by atoms with van der Waals surface area (Å²) in [4.78, 5) is 24.3. The Balaban J connectivity index is 1.51. The highest BCUT2D eigenvalue weighted by Crippen LogP contribution is 2.25. The van der Waals surface area contributed by atoms with E-state index in [0.29, 0.717) is 5.92 Å². The Morgan fingerprint density at radius 2 is 2.00 bits per heavy atom. The molecule has 1 N–H and O–H groups in total. The SMILES string of the molecule is CN(C)C(=O)CN=C(NCCN1CCOCC1)N1CCC(CSc2ccccc2)C1. The summed E-state index contributed by atoms with van der Waals surface area (Å²) >= 11 is 1.92. The van der Waals surface area contributed by atoms with Crippen molar-refractivity contribution in [2.75, 3.05) is 78.9 Å². The first-order valence-electron chi connectivity index (χ1n) is 10.8. The van der Waals surface area contributed by atoms with Crippen LogP contribution in [-0.4, -0.2) is 105 Å². The van der Waals surface area contributed by atoms with E-state index in [1.807, 2.05) is 11.8 Å². The number of amides is 1. The maximum absolute atomic E-state index is 12.1. The van der Waals surface area contributed by atoms with Gasteiger partial charge in [0.15, 0.2) is 5.96 Å². The summed E-state index contributed by atoms with van der Waals surface area (Å²) in [5, 5.41) is 3.51. The number of hydrogen-bond donors (Lipinski definition) is 1. The van der Waals surface area contributed by atoms with Gasteiger partial charge in [-0.1, -0.05) is 18.2 Å². The van der Waals surface area contributed by atoms with Crippen molar-refractivity contribution in [3.8, 4) is 0 Å². The van der Waals surface area contributed by atoms with Crippen LogP contribution in [0.15, 0.2) is 40.2 Å². The van der Waals surface area contributed by atoms with E-state index in [1.54, 1.807) is 19.0 Å². The molecule has 1 amide bonds. The molecule has 0 aliphatic carbocycles. The molecule has 2 aliphatic heterocycles. The summed E-state index contributed by atoms with van der Waals surface area (Å²) in [5.41, 5.74) is 0. The lowest BCUT2D eigenvalue weighted by Gasteiger charge is -2.28. The third-order valence-corrected chi connectivity index (χ3v) is 6.74. The number of likely N-dealkylation sites (N-methyl/N-ethyl adjacent to an activating group) is 1. The van der Waals surface area contributed by atoms with Crippen molar-refractivity contribution in [2.24, 2.45) is 10.9 Å². The third kappa shape index (κ3) is 7.49. The van der Waals surface area contributed by atoms with E-state index in [4.69, 9.17) is 4.74 Å². The molecule has 7 nitrogen and oxygen atoms in total. The van der Waals surface area contributed by atoms with E-state index in [1.165, 1.54) is 4.90 Å². The Kier molecular flexibility index (Phi) is 9.29. The van der Waals surface area contributed by atoms with E-state index in [9.17, 15) is 4.79 Å². The van der Waals surface area contributed by atoms with E-state index < -0.39 is 0 Å². The minimum absolute atomic E-state index is 0.0258. The number of rotatable bonds is 8. The zero-order valence-electron chi connectivity index (χ0n) is 18.3. The Morgan fingerprint density at radius 3 is 2.73 bits per heavy atom. The van der Waals surface area contributed by atoms with Crippen molar-refractivity contribution in [2.45, 2.75) is 11.3 Å². The smallest absolute Gasteiger partial charge is 0.243 e. The minimum Gasteiger partial charge on any atom is -0.379 e. The highest BCUT2D eigenvalue weighted by atomic mass is 32.2. The Hall–Kier alpha value is -1.77. The molecule has 1 aromatic carbocycles. The number of thioether (sulfide) groups is 1. The molecule has 1 aromatic rings. The van der Waals surface area contributed by atoms with Gasteiger partial charge in [0.25, 0.3) is 0 Å².